The molecular weight excluding hydrogens is 220 g/mol. The van der Waals surface area contributed by atoms with Crippen molar-refractivity contribution in [3.05, 3.63) is 0 Å². The fourth-order valence-corrected chi connectivity index (χ4v) is 2.21. The fourth-order valence-electron chi connectivity index (χ4n) is 1.14. The van der Waals surface area contributed by atoms with Crippen LogP contribution in [-0.4, -0.2) is 45.9 Å². The van der Waals surface area contributed by atoms with Crippen LogP contribution in [-0.2, 0) is 14.9 Å². The Morgan fingerprint density at radius 3 is 2.47 bits per heavy atom. The summed E-state index contributed by atoms with van der Waals surface area (Å²) in [5.41, 5.74) is 0. The number of methoxy groups -OCH3 is 1. The largest absolute Gasteiger partial charge is 0.393 e. The van der Waals surface area contributed by atoms with Crippen molar-refractivity contribution in [1.29, 1.82) is 0 Å². The maximum Gasteiger partial charge on any atom is 0.277 e. The molecule has 92 valence electrons. The van der Waals surface area contributed by atoms with Crippen molar-refractivity contribution in [2.24, 2.45) is 0 Å². The molecule has 0 aromatic heterocycles. The highest BCUT2D eigenvalue weighted by atomic mass is 32.2. The van der Waals surface area contributed by atoms with Crippen molar-refractivity contribution < 1.29 is 18.3 Å². The first-order valence-electron chi connectivity index (χ1n) is 4.81. The molecule has 0 aliphatic heterocycles. The number of hydrogen-bond acceptors (Lipinski definition) is 4. The van der Waals surface area contributed by atoms with Crippen LogP contribution in [0.5, 0.6) is 0 Å². The van der Waals surface area contributed by atoms with Gasteiger partial charge in [-0.2, -0.15) is 17.9 Å². The Bertz CT molecular complexity index is 253. The Morgan fingerprint density at radius 1 is 1.40 bits per heavy atom. The molecule has 0 heterocycles. The minimum absolute atomic E-state index is 0.229. The van der Waals surface area contributed by atoms with Gasteiger partial charge in [-0.1, -0.05) is 0 Å². The lowest BCUT2D eigenvalue weighted by atomic mass is 10.2. The quantitative estimate of drug-likeness (QED) is 0.485. The molecule has 0 aliphatic rings. The van der Waals surface area contributed by atoms with E-state index in [1.807, 2.05) is 0 Å². The highest BCUT2D eigenvalue weighted by Crippen LogP contribution is 1.97. The zero-order chi connectivity index (χ0) is 11.9. The summed E-state index contributed by atoms with van der Waals surface area (Å²) in [5, 5.41) is 9.06. The van der Waals surface area contributed by atoms with Crippen molar-refractivity contribution in [3.63, 3.8) is 0 Å². The van der Waals surface area contributed by atoms with E-state index in [1.54, 1.807) is 13.8 Å². The highest BCUT2D eigenvalue weighted by Gasteiger charge is 2.14. The second-order valence-corrected chi connectivity index (χ2v) is 5.03. The molecule has 6 nitrogen and oxygen atoms in total. The molecule has 0 aromatic rings. The van der Waals surface area contributed by atoms with Crippen LogP contribution in [0.1, 0.15) is 20.3 Å². The van der Waals surface area contributed by atoms with Crippen LogP contribution in [0.2, 0.25) is 0 Å². The first-order chi connectivity index (χ1) is 6.87. The van der Waals surface area contributed by atoms with Gasteiger partial charge in [-0.25, -0.2) is 0 Å². The molecule has 2 atom stereocenters. The maximum atomic E-state index is 11.3. The average molecular weight is 240 g/mol. The second kappa shape index (κ2) is 7.13. The van der Waals surface area contributed by atoms with Gasteiger partial charge < -0.3 is 9.84 Å². The van der Waals surface area contributed by atoms with E-state index in [9.17, 15) is 8.42 Å². The van der Waals surface area contributed by atoms with Gasteiger partial charge in [0.25, 0.3) is 10.2 Å². The molecule has 0 radical (unpaired) electrons. The Kier molecular flexibility index (Phi) is 7.03. The van der Waals surface area contributed by atoms with Gasteiger partial charge in [0.15, 0.2) is 0 Å². The summed E-state index contributed by atoms with van der Waals surface area (Å²) in [6.45, 7) is 3.87. The molecule has 0 saturated heterocycles. The van der Waals surface area contributed by atoms with Gasteiger partial charge in [0, 0.05) is 19.7 Å². The number of hydrogen-bond donors (Lipinski definition) is 3. The molecule has 2 unspecified atom stereocenters. The van der Waals surface area contributed by atoms with E-state index in [-0.39, 0.29) is 12.6 Å². The standard InChI is InChI=1S/C8H20N2O4S/c1-7(6-8(2)11)10-15(12,13)9-4-5-14-3/h7-11H,4-6H2,1-3H3. The Balaban J connectivity index is 3.91. The van der Waals surface area contributed by atoms with Crippen LogP contribution in [0.3, 0.4) is 0 Å². The second-order valence-electron chi connectivity index (χ2n) is 3.49. The van der Waals surface area contributed by atoms with Crippen LogP contribution >= 0.6 is 0 Å². The van der Waals surface area contributed by atoms with Crippen molar-refractivity contribution >= 4 is 10.2 Å². The molecule has 0 fully saturated rings. The number of aliphatic hydroxyl groups excluding tert-OH is 1. The summed E-state index contributed by atoms with van der Waals surface area (Å²) < 4.78 is 32.1. The van der Waals surface area contributed by atoms with Gasteiger partial charge in [0.05, 0.1) is 12.7 Å². The minimum Gasteiger partial charge on any atom is -0.393 e. The maximum absolute atomic E-state index is 11.3. The SMILES string of the molecule is COCCNS(=O)(=O)NC(C)CC(C)O. The summed E-state index contributed by atoms with van der Waals surface area (Å²) in [6, 6.07) is -0.301. The first kappa shape index (κ1) is 14.8. The lowest BCUT2D eigenvalue weighted by Crippen LogP contribution is -2.43. The molecule has 0 saturated carbocycles. The van der Waals surface area contributed by atoms with Crippen LogP contribution in [0.25, 0.3) is 0 Å². The molecular formula is C8H20N2O4S. The number of rotatable bonds is 8. The minimum atomic E-state index is -3.49. The van der Waals surface area contributed by atoms with Crippen molar-refractivity contribution in [2.45, 2.75) is 32.4 Å². The average Bonchev–Trinajstić information content (AvgIpc) is 2.00. The summed E-state index contributed by atoms with van der Waals surface area (Å²) in [7, 11) is -1.99. The van der Waals surface area contributed by atoms with Crippen molar-refractivity contribution in [1.82, 2.24) is 9.44 Å². The molecule has 15 heavy (non-hydrogen) atoms. The predicted molar refractivity (Wildman–Crippen MR) is 57.7 cm³/mol. The van der Waals surface area contributed by atoms with Gasteiger partial charge in [-0.15, -0.1) is 0 Å². The van der Waals surface area contributed by atoms with E-state index in [1.165, 1.54) is 7.11 Å². The predicted octanol–water partition coefficient (Wildman–Crippen LogP) is -0.784. The smallest absolute Gasteiger partial charge is 0.277 e. The number of aliphatic hydroxyl groups is 1. The zero-order valence-corrected chi connectivity index (χ0v) is 10.2. The van der Waals surface area contributed by atoms with Gasteiger partial charge in [-0.3, -0.25) is 0 Å². The van der Waals surface area contributed by atoms with Gasteiger partial charge >= 0.3 is 0 Å². The molecule has 7 heteroatoms. The monoisotopic (exact) mass is 240 g/mol. The summed E-state index contributed by atoms with van der Waals surface area (Å²) in [4.78, 5) is 0. The van der Waals surface area contributed by atoms with E-state index >= 15 is 0 Å². The van der Waals surface area contributed by atoms with E-state index in [0.29, 0.717) is 13.0 Å². The lowest BCUT2D eigenvalue weighted by molar-refractivity contribution is 0.174. The highest BCUT2D eigenvalue weighted by molar-refractivity contribution is 7.87. The van der Waals surface area contributed by atoms with Gasteiger partial charge in [0.2, 0.25) is 0 Å². The Hall–Kier alpha value is -0.210. The Labute approximate surface area is 91.2 Å². The van der Waals surface area contributed by atoms with Crippen LogP contribution in [0, 0.1) is 0 Å². The molecule has 0 bridgehead atoms. The molecule has 0 aliphatic carbocycles. The number of nitrogens with one attached hydrogen (secondary N) is 2. The van der Waals surface area contributed by atoms with Crippen LogP contribution in [0.15, 0.2) is 0 Å². The van der Waals surface area contributed by atoms with Gasteiger partial charge in [0.1, 0.15) is 0 Å². The summed E-state index contributed by atoms with van der Waals surface area (Å²) in [5.74, 6) is 0. The zero-order valence-electron chi connectivity index (χ0n) is 9.36. The first-order valence-corrected chi connectivity index (χ1v) is 6.29. The molecule has 0 spiro atoms. The topological polar surface area (TPSA) is 87.7 Å². The van der Waals surface area contributed by atoms with E-state index < -0.39 is 16.3 Å². The van der Waals surface area contributed by atoms with E-state index in [4.69, 9.17) is 9.84 Å². The third-order valence-corrected chi connectivity index (χ3v) is 2.95. The lowest BCUT2D eigenvalue weighted by Gasteiger charge is -2.15. The molecule has 0 aromatic carbocycles. The molecule has 3 N–H and O–H groups in total. The summed E-state index contributed by atoms with van der Waals surface area (Å²) >= 11 is 0. The van der Waals surface area contributed by atoms with Gasteiger partial charge in [-0.05, 0) is 20.3 Å². The van der Waals surface area contributed by atoms with Crippen LogP contribution in [0.4, 0.5) is 0 Å². The van der Waals surface area contributed by atoms with E-state index in [2.05, 4.69) is 9.44 Å². The number of ether oxygens (including phenoxy) is 1. The van der Waals surface area contributed by atoms with Crippen LogP contribution < -0.4 is 9.44 Å². The third kappa shape index (κ3) is 8.76. The van der Waals surface area contributed by atoms with Crippen molar-refractivity contribution in [3.8, 4) is 0 Å². The fraction of sp³-hybridized carbons (Fsp3) is 1.00. The molecule has 0 rings (SSSR count). The van der Waals surface area contributed by atoms with E-state index in [0.717, 1.165) is 0 Å². The summed E-state index contributed by atoms with van der Waals surface area (Å²) in [6.07, 6.45) is -0.146. The molecule has 0 amide bonds. The third-order valence-electron chi connectivity index (χ3n) is 1.65. The van der Waals surface area contributed by atoms with Crippen molar-refractivity contribution in [2.75, 3.05) is 20.3 Å². The normalized spacial score (nSPS) is 16.3. The Morgan fingerprint density at radius 2 is 2.00 bits per heavy atom.